The van der Waals surface area contributed by atoms with E-state index in [1.807, 2.05) is 208 Å². The van der Waals surface area contributed by atoms with Gasteiger partial charge in [0.15, 0.2) is 65.1 Å². The van der Waals surface area contributed by atoms with Crippen molar-refractivity contribution in [1.29, 1.82) is 0 Å². The first-order chi connectivity index (χ1) is 47.9. The van der Waals surface area contributed by atoms with Crippen LogP contribution in [0.4, 0.5) is 0 Å². The van der Waals surface area contributed by atoms with E-state index in [0.29, 0.717) is 76.6 Å². The molecule has 12 heteroatoms. The Morgan fingerprint density at radius 2 is 0.276 bits per heavy atom. The van der Waals surface area contributed by atoms with Crippen molar-refractivity contribution < 1.29 is 0 Å². The summed E-state index contributed by atoms with van der Waals surface area (Å²) in [7, 11) is 0. The molecule has 0 fully saturated rings. The van der Waals surface area contributed by atoms with Gasteiger partial charge in [-0.15, -0.1) is 0 Å². The second-order valence-electron chi connectivity index (χ2n) is 39.5. The SMILES string of the molecule is CCC(C)(C)c1c(C(C)(C)C)c2c(=O)c3ccc4c(=O)c5c(C(C)(C)C)c(C(C)(C)C)c6c(=O)c7c(C(C)(C)CC)c(C(C)(C)C)c8c(=O)c9c(C(C)(C)C)c(C(C)(C)CC)c%10c(=O)c%11c(C(C)(C)CC)c(C(C)(C)CC)c%12c(=O)c1c1c(=O)c%12c%11c(=O)c%10c9c(=O)c8c7c(=O)c6c5c(=O)c4c3c(=O)c21. The van der Waals surface area contributed by atoms with E-state index in [1.165, 1.54) is 12.1 Å². The van der Waals surface area contributed by atoms with Gasteiger partial charge in [0.05, 0.1) is 0 Å². The monoisotopic (exact) mass is 1410 g/mol. The first kappa shape index (κ1) is 74.6. The zero-order chi connectivity index (χ0) is 78.5. The molecule has 0 unspecified atom stereocenters. The summed E-state index contributed by atoms with van der Waals surface area (Å²) in [5.74, 6) is 0. The molecule has 0 spiro atoms. The molecule has 0 aromatic heterocycles. The quantitative estimate of drug-likeness (QED) is 0.0926. The summed E-state index contributed by atoms with van der Waals surface area (Å²) < 4.78 is 0. The molecule has 0 atom stereocenters. The third-order valence-electron chi connectivity index (χ3n) is 25.7. The van der Waals surface area contributed by atoms with Gasteiger partial charge in [-0.05, 0) is 154 Å². The molecule has 0 aliphatic heterocycles. The Hall–Kier alpha value is -8.64. The van der Waals surface area contributed by atoms with E-state index in [-0.39, 0.29) is 75.8 Å². The fourth-order valence-electron chi connectivity index (χ4n) is 19.3. The van der Waals surface area contributed by atoms with Gasteiger partial charge in [-0.1, -0.05) is 208 Å². The third kappa shape index (κ3) is 9.27. The van der Waals surface area contributed by atoms with E-state index in [4.69, 9.17) is 0 Å². The molecule has 105 heavy (non-hydrogen) atoms. The van der Waals surface area contributed by atoms with Crippen molar-refractivity contribution in [1.82, 2.24) is 0 Å². The van der Waals surface area contributed by atoms with Gasteiger partial charge in [0, 0.05) is 129 Å². The van der Waals surface area contributed by atoms with Crippen molar-refractivity contribution in [2.45, 2.75) is 294 Å². The van der Waals surface area contributed by atoms with E-state index in [2.05, 4.69) is 0 Å². The van der Waals surface area contributed by atoms with Crippen molar-refractivity contribution in [2.75, 3.05) is 0 Å². The predicted molar refractivity (Wildman–Crippen MR) is 443 cm³/mol. The molecule has 13 aromatic rings. The van der Waals surface area contributed by atoms with E-state index >= 15 is 57.5 Å². The van der Waals surface area contributed by atoms with Crippen LogP contribution in [-0.2, 0) is 54.1 Å². The maximum Gasteiger partial charge on any atom is 0.196 e. The molecule has 0 amide bonds. The van der Waals surface area contributed by atoms with Gasteiger partial charge in [0.25, 0.3) is 0 Å². The molecule has 0 aliphatic rings. The van der Waals surface area contributed by atoms with Crippen molar-refractivity contribution >= 4 is 129 Å². The average molecular weight is 1410 g/mol. The Bertz CT molecular complexity index is 6900. The molecule has 13 aromatic carbocycles. The summed E-state index contributed by atoms with van der Waals surface area (Å²) in [5, 5.41) is -9.03. The highest BCUT2D eigenvalue weighted by atomic mass is 16.2. The van der Waals surface area contributed by atoms with Crippen LogP contribution in [-0.4, -0.2) is 0 Å². The minimum absolute atomic E-state index is 0.180. The first-order valence-corrected chi connectivity index (χ1v) is 37.9. The molecule has 0 saturated heterocycles. The molecule has 13 rings (SSSR count). The molecule has 546 valence electrons. The lowest BCUT2D eigenvalue weighted by Crippen LogP contribution is -2.36. The van der Waals surface area contributed by atoms with Crippen LogP contribution in [0.5, 0.6) is 0 Å². The molecule has 0 aliphatic carbocycles. The summed E-state index contributed by atoms with van der Waals surface area (Å²) in [5.41, 5.74) is -18.9. The highest BCUT2D eigenvalue weighted by molar-refractivity contribution is 6.30. The van der Waals surface area contributed by atoms with Crippen molar-refractivity contribution in [3.8, 4) is 0 Å². The van der Waals surface area contributed by atoms with Crippen molar-refractivity contribution in [2.24, 2.45) is 0 Å². The second kappa shape index (κ2) is 22.0. The molecule has 0 saturated carbocycles. The van der Waals surface area contributed by atoms with Gasteiger partial charge in [-0.25, -0.2) is 0 Å². The van der Waals surface area contributed by atoms with Gasteiger partial charge in [0.1, 0.15) is 0 Å². The van der Waals surface area contributed by atoms with Crippen molar-refractivity contribution in [3.63, 3.8) is 0 Å². The molecular weight excluding hydrogens is 1310 g/mol. The lowest BCUT2D eigenvalue weighted by molar-refractivity contribution is 0.462. The zero-order valence-electron chi connectivity index (χ0n) is 67.6. The summed E-state index contributed by atoms with van der Waals surface area (Å²) in [6.07, 6.45) is 1.64. The number of hydrogen-bond acceptors (Lipinski definition) is 12. The summed E-state index contributed by atoms with van der Waals surface area (Å²) in [6, 6.07) is 2.69. The molecule has 12 nitrogen and oxygen atoms in total. The van der Waals surface area contributed by atoms with Crippen LogP contribution < -0.4 is 65.1 Å². The molecule has 0 heterocycles. The Kier molecular flexibility index (Phi) is 15.7. The maximum atomic E-state index is 18.1. The van der Waals surface area contributed by atoms with Gasteiger partial charge < -0.3 is 0 Å². The Balaban J connectivity index is 1.67. The van der Waals surface area contributed by atoms with Crippen molar-refractivity contribution in [3.05, 3.63) is 190 Å². The Morgan fingerprint density at radius 3 is 0.429 bits per heavy atom. The molecular formula is C93H102O12. The molecule has 0 radical (unpaired) electrons. The molecule has 12 bridgehead atoms. The van der Waals surface area contributed by atoms with Crippen LogP contribution in [0, 0.1) is 0 Å². The van der Waals surface area contributed by atoms with Gasteiger partial charge >= 0.3 is 0 Å². The predicted octanol–water partition coefficient (Wildman–Crippen LogP) is 17.7. The fourth-order valence-corrected chi connectivity index (χ4v) is 19.3. The standard InChI is InChI=1S/C93H102O12/c1-31-89(21,22)67-58-47-43-53(64(67)86(12,13)14)73(95)39-37-36-38-40(41(39)75(43)97)74(96)42-44-54(63(85(9,10)11)62(84(6,7)8)52(42)72(38)94)81(103)57-48(77(44)99)45-55(65(87(15,16)17)68(57)90(23,24)32-2)80(102)56-46(76(45)98)49-59(69(91(25,26)33-3)66(56)88(18,19)20)83(105)61-51(79(49)101)50(78(47)100)60(82(58)104)70(92(27,28)34-4)71(61)93(29,30)35-5/h36-37H,31-35H2,1-30H3. The summed E-state index contributed by atoms with van der Waals surface area (Å²) in [6.45, 7) is 56.9. The largest absolute Gasteiger partial charge is 0.289 e. The minimum atomic E-state index is -1.14. The van der Waals surface area contributed by atoms with E-state index in [9.17, 15) is 0 Å². The lowest BCUT2D eigenvalue weighted by Gasteiger charge is -2.37. The average Bonchev–Trinajstić information content (AvgIpc) is 0.667. The lowest BCUT2D eigenvalue weighted by atomic mass is 9.65. The van der Waals surface area contributed by atoms with E-state index in [0.717, 1.165) is 0 Å². The van der Waals surface area contributed by atoms with Gasteiger partial charge in [0.2, 0.25) is 0 Å². The normalized spacial score (nSPS) is 14.3. The third-order valence-corrected chi connectivity index (χ3v) is 25.7. The van der Waals surface area contributed by atoms with Crippen LogP contribution in [0.1, 0.15) is 295 Å². The topological polar surface area (TPSA) is 205 Å². The van der Waals surface area contributed by atoms with Gasteiger partial charge in [-0.3, -0.25) is 57.5 Å². The first-order valence-electron chi connectivity index (χ1n) is 37.9. The second-order valence-corrected chi connectivity index (χ2v) is 39.5. The number of hydrogen-bond donors (Lipinski definition) is 0. The Morgan fingerprint density at radius 1 is 0.162 bits per heavy atom. The zero-order valence-corrected chi connectivity index (χ0v) is 67.6. The summed E-state index contributed by atoms with van der Waals surface area (Å²) >= 11 is 0. The molecule has 0 N–H and O–H groups in total. The number of benzene rings is 12. The van der Waals surface area contributed by atoms with Crippen LogP contribution in [0.2, 0.25) is 0 Å². The van der Waals surface area contributed by atoms with Crippen LogP contribution in [0.25, 0.3) is 129 Å². The number of rotatable bonds is 10. The Labute approximate surface area is 610 Å². The maximum absolute atomic E-state index is 18.1. The fraction of sp³-hybridized carbons (Fsp3) is 0.484. The summed E-state index contributed by atoms with van der Waals surface area (Å²) in [4.78, 5) is 211. The smallest absolute Gasteiger partial charge is 0.196 e. The van der Waals surface area contributed by atoms with Crippen LogP contribution in [0.3, 0.4) is 0 Å². The van der Waals surface area contributed by atoms with Gasteiger partial charge in [-0.2, -0.15) is 0 Å². The van der Waals surface area contributed by atoms with Crippen LogP contribution in [0.15, 0.2) is 69.7 Å². The highest BCUT2D eigenvalue weighted by Gasteiger charge is 2.47. The highest BCUT2D eigenvalue weighted by Crippen LogP contribution is 2.53. The van der Waals surface area contributed by atoms with Crippen LogP contribution >= 0.6 is 0 Å². The minimum Gasteiger partial charge on any atom is -0.289 e. The van der Waals surface area contributed by atoms with E-state index in [1.54, 1.807) is 0 Å². The van der Waals surface area contributed by atoms with E-state index < -0.39 is 184 Å².